The maximum absolute atomic E-state index is 6.69. The lowest BCUT2D eigenvalue weighted by atomic mass is 9.56. The highest BCUT2D eigenvalue weighted by atomic mass is 16.8. The Hall–Kier alpha value is -0.840. The van der Waals surface area contributed by atoms with E-state index >= 15 is 0 Å². The highest BCUT2D eigenvalue weighted by Gasteiger charge is 2.71. The Balaban J connectivity index is 1.59. The molecule has 1 spiro atoms. The number of nitrogens with one attached hydrogen (secondary N) is 1. The van der Waals surface area contributed by atoms with E-state index in [9.17, 15) is 0 Å². The molecule has 4 nitrogen and oxygen atoms in total. The van der Waals surface area contributed by atoms with Gasteiger partial charge in [-0.3, -0.25) is 0 Å². The van der Waals surface area contributed by atoms with Crippen LogP contribution in [0.3, 0.4) is 0 Å². The molecule has 1 N–H and O–H groups in total. The number of hydrogen-bond donors (Lipinski definition) is 1. The fourth-order valence-corrected chi connectivity index (χ4v) is 6.05. The number of rotatable bonds is 1. The van der Waals surface area contributed by atoms with Crippen LogP contribution in [0.2, 0.25) is 0 Å². The predicted molar refractivity (Wildman–Crippen MR) is 85.5 cm³/mol. The van der Waals surface area contributed by atoms with Gasteiger partial charge in [-0.25, -0.2) is 0 Å². The van der Waals surface area contributed by atoms with E-state index in [0.29, 0.717) is 23.7 Å². The van der Waals surface area contributed by atoms with Gasteiger partial charge in [-0.2, -0.15) is 0 Å². The molecule has 0 radical (unpaired) electrons. The number of H-pyrrole nitrogens is 1. The van der Waals surface area contributed by atoms with Gasteiger partial charge in [0.15, 0.2) is 12.1 Å². The van der Waals surface area contributed by atoms with Crippen LogP contribution in [0.15, 0.2) is 18.3 Å². The van der Waals surface area contributed by atoms with Crippen molar-refractivity contribution in [2.45, 2.75) is 70.2 Å². The first kappa shape index (κ1) is 14.5. The van der Waals surface area contributed by atoms with Gasteiger partial charge in [0.2, 0.25) is 0 Å². The zero-order chi connectivity index (χ0) is 15.8. The van der Waals surface area contributed by atoms with Gasteiger partial charge in [-0.05, 0) is 62.0 Å². The lowest BCUT2D eigenvalue weighted by Gasteiger charge is -2.58. The molecule has 4 fully saturated rings. The average Bonchev–Trinajstić information content (AvgIpc) is 3.10. The summed E-state index contributed by atoms with van der Waals surface area (Å²) in [5.74, 6) is 1.74. The number of aromatic nitrogens is 1. The number of aromatic amines is 1. The van der Waals surface area contributed by atoms with Gasteiger partial charge in [0.25, 0.3) is 0 Å². The zero-order valence-electron chi connectivity index (χ0n) is 14.2. The first-order valence-corrected chi connectivity index (χ1v) is 9.20. The largest absolute Gasteiger partial charge is 0.363 e. The highest BCUT2D eigenvalue weighted by molar-refractivity contribution is 5.17. The van der Waals surface area contributed by atoms with Gasteiger partial charge in [0.1, 0.15) is 11.7 Å². The van der Waals surface area contributed by atoms with E-state index in [1.165, 1.54) is 19.3 Å². The molecule has 1 unspecified atom stereocenters. The van der Waals surface area contributed by atoms with Crippen molar-refractivity contribution in [2.24, 2.45) is 23.7 Å². The van der Waals surface area contributed by atoms with Crippen molar-refractivity contribution in [3.8, 4) is 0 Å². The molecule has 4 heterocycles. The lowest BCUT2D eigenvalue weighted by Crippen LogP contribution is -2.64. The Morgan fingerprint density at radius 2 is 2.04 bits per heavy atom. The van der Waals surface area contributed by atoms with Crippen molar-refractivity contribution in [1.82, 2.24) is 4.98 Å². The van der Waals surface area contributed by atoms with E-state index in [4.69, 9.17) is 14.2 Å². The summed E-state index contributed by atoms with van der Waals surface area (Å²) in [6.07, 6.45) is 6.53. The Kier molecular flexibility index (Phi) is 2.91. The molecular formula is C19H27NO3. The van der Waals surface area contributed by atoms with Crippen LogP contribution in [-0.4, -0.2) is 22.7 Å². The minimum absolute atomic E-state index is 0.0752. The van der Waals surface area contributed by atoms with Gasteiger partial charge in [0.05, 0.1) is 0 Å². The van der Waals surface area contributed by atoms with Crippen LogP contribution in [0.4, 0.5) is 0 Å². The molecular weight excluding hydrogens is 290 g/mol. The van der Waals surface area contributed by atoms with E-state index < -0.39 is 5.79 Å². The van der Waals surface area contributed by atoms with E-state index in [0.717, 1.165) is 12.1 Å². The van der Waals surface area contributed by atoms with E-state index in [1.807, 2.05) is 12.3 Å². The monoisotopic (exact) mass is 317 g/mol. The van der Waals surface area contributed by atoms with E-state index in [1.54, 1.807) is 0 Å². The Bertz CT molecular complexity index is 602. The van der Waals surface area contributed by atoms with E-state index in [-0.39, 0.29) is 18.0 Å². The lowest BCUT2D eigenvalue weighted by molar-refractivity contribution is -0.290. The quantitative estimate of drug-likeness (QED) is 0.851. The van der Waals surface area contributed by atoms with Crippen LogP contribution in [-0.2, 0) is 14.2 Å². The van der Waals surface area contributed by atoms with Gasteiger partial charge in [0, 0.05) is 18.3 Å². The maximum Gasteiger partial charge on any atom is 0.191 e. The molecule has 0 amide bonds. The van der Waals surface area contributed by atoms with Crippen molar-refractivity contribution in [2.75, 3.05) is 0 Å². The molecule has 1 aromatic rings. The summed E-state index contributed by atoms with van der Waals surface area (Å²) < 4.78 is 19.6. The third kappa shape index (κ3) is 1.77. The molecule has 1 aliphatic carbocycles. The van der Waals surface area contributed by atoms with Crippen LogP contribution in [0.1, 0.15) is 58.3 Å². The second-order valence-corrected chi connectivity index (χ2v) is 8.39. The summed E-state index contributed by atoms with van der Waals surface area (Å²) in [4.78, 5) is 3.35. The zero-order valence-corrected chi connectivity index (χ0v) is 14.2. The topological polar surface area (TPSA) is 43.5 Å². The fourth-order valence-electron chi connectivity index (χ4n) is 6.05. The first-order valence-electron chi connectivity index (χ1n) is 9.20. The highest BCUT2D eigenvalue weighted by Crippen LogP contribution is 2.64. The van der Waals surface area contributed by atoms with Crippen LogP contribution < -0.4 is 0 Å². The van der Waals surface area contributed by atoms with Crippen molar-refractivity contribution >= 4 is 0 Å². The van der Waals surface area contributed by atoms with Crippen LogP contribution in [0.5, 0.6) is 0 Å². The number of fused-ring (bicyclic) bond motifs is 1. The molecule has 0 aromatic carbocycles. The molecule has 8 atom stereocenters. The molecule has 23 heavy (non-hydrogen) atoms. The van der Waals surface area contributed by atoms with Gasteiger partial charge < -0.3 is 19.2 Å². The Morgan fingerprint density at radius 1 is 1.17 bits per heavy atom. The molecule has 126 valence electrons. The molecule has 3 saturated heterocycles. The molecule has 4 aliphatic rings. The SMILES string of the molecule is C[C@@H]1CC[C@H]2[C@@H](C)C(c3ccc[nH]3)O[C@@H]3O[C@]4(C)CC[C@@H]1[C@]32O4. The van der Waals surface area contributed by atoms with Gasteiger partial charge in [-0.15, -0.1) is 0 Å². The van der Waals surface area contributed by atoms with Crippen molar-refractivity contribution in [1.29, 1.82) is 0 Å². The third-order valence-corrected chi connectivity index (χ3v) is 7.12. The smallest absolute Gasteiger partial charge is 0.191 e. The summed E-state index contributed by atoms with van der Waals surface area (Å²) in [6, 6.07) is 4.18. The third-order valence-electron chi connectivity index (χ3n) is 7.12. The molecule has 5 rings (SSSR count). The normalized spacial score (nSPS) is 54.7. The van der Waals surface area contributed by atoms with Crippen molar-refractivity contribution in [3.05, 3.63) is 24.0 Å². The molecule has 2 bridgehead atoms. The average molecular weight is 317 g/mol. The van der Waals surface area contributed by atoms with Gasteiger partial charge in [-0.1, -0.05) is 13.8 Å². The predicted octanol–water partition coefficient (Wildman–Crippen LogP) is 4.01. The molecule has 4 heteroatoms. The van der Waals surface area contributed by atoms with Crippen LogP contribution in [0, 0.1) is 23.7 Å². The fraction of sp³-hybridized carbons (Fsp3) is 0.789. The standard InChI is InChI=1S/C19H27NO3/c1-11-6-7-14-12(2)16(15-5-4-10-20-15)21-17-19(14)13(11)8-9-18(3,22-17)23-19/h4-5,10-14,16-17,20H,6-9H2,1-3H3/t11-,12-,13+,14+,16?,17-,18+,19-/m1/s1. The minimum atomic E-state index is -0.458. The van der Waals surface area contributed by atoms with Crippen molar-refractivity contribution < 1.29 is 14.2 Å². The molecule has 3 aliphatic heterocycles. The molecule has 1 saturated carbocycles. The number of hydrogen-bond acceptors (Lipinski definition) is 3. The minimum Gasteiger partial charge on any atom is -0.363 e. The van der Waals surface area contributed by atoms with Crippen molar-refractivity contribution in [3.63, 3.8) is 0 Å². The second kappa shape index (κ2) is 4.62. The Morgan fingerprint density at radius 3 is 2.83 bits per heavy atom. The first-order chi connectivity index (χ1) is 11.0. The van der Waals surface area contributed by atoms with Crippen LogP contribution >= 0.6 is 0 Å². The summed E-state index contributed by atoms with van der Waals surface area (Å²) in [6.45, 7) is 6.82. The van der Waals surface area contributed by atoms with Crippen LogP contribution in [0.25, 0.3) is 0 Å². The summed E-state index contributed by atoms with van der Waals surface area (Å²) >= 11 is 0. The summed E-state index contributed by atoms with van der Waals surface area (Å²) in [7, 11) is 0. The van der Waals surface area contributed by atoms with Gasteiger partial charge >= 0.3 is 0 Å². The second-order valence-electron chi connectivity index (χ2n) is 8.39. The number of ether oxygens (including phenoxy) is 3. The molecule has 1 aromatic heterocycles. The Labute approximate surface area is 137 Å². The maximum atomic E-state index is 6.69. The summed E-state index contributed by atoms with van der Waals surface area (Å²) in [5, 5.41) is 0. The summed E-state index contributed by atoms with van der Waals surface area (Å²) in [5.41, 5.74) is 0.936. The van der Waals surface area contributed by atoms with E-state index in [2.05, 4.69) is 31.8 Å².